The third kappa shape index (κ3) is 2.33. The van der Waals surface area contributed by atoms with E-state index in [1.165, 1.54) is 4.90 Å². The molecule has 3 aromatic rings. The lowest BCUT2D eigenvalue weighted by Crippen LogP contribution is -2.30. The Hall–Kier alpha value is -2.82. The first-order valence-corrected chi connectivity index (χ1v) is 8.16. The molecule has 1 saturated heterocycles. The zero-order valence-corrected chi connectivity index (χ0v) is 13.5. The molecule has 1 aliphatic heterocycles. The summed E-state index contributed by atoms with van der Waals surface area (Å²) in [7, 11) is 1.96. The molecule has 1 aromatic heterocycles. The van der Waals surface area contributed by atoms with Gasteiger partial charge in [-0.3, -0.25) is 4.90 Å². The molecule has 24 heavy (non-hydrogen) atoms. The third-order valence-corrected chi connectivity index (χ3v) is 4.82. The second kappa shape index (κ2) is 5.67. The van der Waals surface area contributed by atoms with E-state index in [1.54, 1.807) is 0 Å². The molecule has 5 heteroatoms. The average Bonchev–Trinajstić information content (AvgIpc) is 3.20. The van der Waals surface area contributed by atoms with Crippen LogP contribution in [-0.2, 0) is 7.05 Å². The van der Waals surface area contributed by atoms with Crippen LogP contribution in [0.15, 0.2) is 48.5 Å². The van der Waals surface area contributed by atoms with Crippen LogP contribution < -0.4 is 0 Å². The highest BCUT2D eigenvalue weighted by atomic mass is 16.4. The summed E-state index contributed by atoms with van der Waals surface area (Å²) in [5.41, 5.74) is 4.21. The Labute approximate surface area is 140 Å². The highest BCUT2D eigenvalue weighted by molar-refractivity contribution is 5.82. The molecule has 4 rings (SSSR count). The number of nitrogens with zero attached hydrogens (tertiary/aromatic N) is 3. The van der Waals surface area contributed by atoms with E-state index in [9.17, 15) is 9.90 Å². The average molecular weight is 321 g/mol. The fourth-order valence-corrected chi connectivity index (χ4v) is 3.59. The van der Waals surface area contributed by atoms with Crippen molar-refractivity contribution in [1.82, 2.24) is 14.5 Å². The Kier molecular flexibility index (Phi) is 3.49. The number of imidazole rings is 1. The molecule has 122 valence electrons. The molecule has 0 spiro atoms. The topological polar surface area (TPSA) is 58.4 Å². The molecular formula is C19H19N3O2. The molecule has 1 N–H and O–H groups in total. The normalized spacial score (nSPS) is 17.5. The van der Waals surface area contributed by atoms with E-state index in [0.29, 0.717) is 6.54 Å². The molecule has 1 fully saturated rings. The Bertz CT molecular complexity index is 902. The number of benzene rings is 2. The quantitative estimate of drug-likeness (QED) is 0.774. The van der Waals surface area contributed by atoms with Crippen molar-refractivity contribution in [3.63, 3.8) is 0 Å². The van der Waals surface area contributed by atoms with Crippen LogP contribution >= 0.6 is 0 Å². The van der Waals surface area contributed by atoms with Gasteiger partial charge in [-0.25, -0.2) is 9.78 Å². The van der Waals surface area contributed by atoms with Crippen LogP contribution in [-0.4, -0.2) is 32.2 Å². The van der Waals surface area contributed by atoms with Crippen LogP contribution in [0.5, 0.6) is 0 Å². The van der Waals surface area contributed by atoms with Gasteiger partial charge < -0.3 is 9.67 Å². The number of aryl methyl sites for hydroxylation is 1. The number of carboxylic acid groups (broad SMARTS) is 1. The van der Waals surface area contributed by atoms with Crippen molar-refractivity contribution in [2.75, 3.05) is 6.54 Å². The molecule has 0 saturated carbocycles. The molecule has 2 aromatic carbocycles. The summed E-state index contributed by atoms with van der Waals surface area (Å²) in [5.74, 6) is 0.829. The fourth-order valence-electron chi connectivity index (χ4n) is 3.59. The number of carbonyl (C=O) groups is 1. The molecule has 2 heterocycles. The van der Waals surface area contributed by atoms with Crippen molar-refractivity contribution in [1.29, 1.82) is 0 Å². The molecule has 5 nitrogen and oxygen atoms in total. The fraction of sp³-hybridized carbons (Fsp3) is 0.263. The summed E-state index contributed by atoms with van der Waals surface area (Å²) >= 11 is 0. The van der Waals surface area contributed by atoms with Crippen LogP contribution in [0.25, 0.3) is 22.2 Å². The van der Waals surface area contributed by atoms with E-state index in [0.717, 1.165) is 40.8 Å². The maximum absolute atomic E-state index is 11.4. The van der Waals surface area contributed by atoms with Gasteiger partial charge in [0.2, 0.25) is 0 Å². The predicted octanol–water partition coefficient (Wildman–Crippen LogP) is 4.06. The summed E-state index contributed by atoms with van der Waals surface area (Å²) < 4.78 is 2.02. The third-order valence-electron chi connectivity index (χ3n) is 4.82. The predicted molar refractivity (Wildman–Crippen MR) is 92.9 cm³/mol. The second-order valence-electron chi connectivity index (χ2n) is 6.23. The van der Waals surface area contributed by atoms with Gasteiger partial charge in [-0.2, -0.15) is 0 Å². The van der Waals surface area contributed by atoms with Crippen LogP contribution in [0.3, 0.4) is 0 Å². The monoisotopic (exact) mass is 321 g/mol. The smallest absolute Gasteiger partial charge is 0.407 e. The van der Waals surface area contributed by atoms with Crippen LogP contribution in [0.4, 0.5) is 4.79 Å². The molecule has 1 aliphatic rings. The van der Waals surface area contributed by atoms with Crippen molar-refractivity contribution in [3.8, 4) is 11.1 Å². The van der Waals surface area contributed by atoms with E-state index in [1.807, 2.05) is 29.8 Å². The summed E-state index contributed by atoms with van der Waals surface area (Å²) in [5, 5.41) is 9.39. The molecule has 0 bridgehead atoms. The van der Waals surface area contributed by atoms with Gasteiger partial charge in [0, 0.05) is 13.6 Å². The summed E-state index contributed by atoms with van der Waals surface area (Å²) in [4.78, 5) is 17.7. The number of hydrogen-bond acceptors (Lipinski definition) is 2. The van der Waals surface area contributed by atoms with Gasteiger partial charge in [0.05, 0.1) is 17.1 Å². The van der Waals surface area contributed by atoms with Crippen molar-refractivity contribution in [2.45, 2.75) is 18.9 Å². The van der Waals surface area contributed by atoms with E-state index < -0.39 is 6.09 Å². The number of amides is 1. The second-order valence-corrected chi connectivity index (χ2v) is 6.23. The van der Waals surface area contributed by atoms with Crippen molar-refractivity contribution >= 4 is 17.1 Å². The standard InChI is InChI=1S/C19H19N3O2/c1-21-16-10-9-14(13-6-3-2-4-7-13)12-15(16)20-18(21)17-8-5-11-22(17)19(23)24/h2-4,6-7,9-10,12,17H,5,8,11H2,1H3,(H,23,24)/t17-/m0/s1. The number of likely N-dealkylation sites (tertiary alicyclic amines) is 1. The maximum atomic E-state index is 11.4. The lowest BCUT2D eigenvalue weighted by molar-refractivity contribution is 0.138. The van der Waals surface area contributed by atoms with Crippen LogP contribution in [0.2, 0.25) is 0 Å². The van der Waals surface area contributed by atoms with Gasteiger partial charge in [-0.05, 0) is 36.1 Å². The highest BCUT2D eigenvalue weighted by Gasteiger charge is 2.33. The summed E-state index contributed by atoms with van der Waals surface area (Å²) in [6, 6.07) is 16.3. The zero-order chi connectivity index (χ0) is 16.7. The van der Waals surface area contributed by atoms with Gasteiger partial charge in [0.1, 0.15) is 5.82 Å². The summed E-state index contributed by atoms with van der Waals surface area (Å²) in [6.07, 6.45) is 0.847. The van der Waals surface area contributed by atoms with Crippen LogP contribution in [0.1, 0.15) is 24.7 Å². The molecule has 0 radical (unpaired) electrons. The Morgan fingerprint density at radius 2 is 1.96 bits per heavy atom. The first-order valence-electron chi connectivity index (χ1n) is 8.16. The first-order chi connectivity index (χ1) is 11.6. The van der Waals surface area contributed by atoms with Gasteiger partial charge in [0.25, 0.3) is 0 Å². The van der Waals surface area contributed by atoms with E-state index >= 15 is 0 Å². The molecule has 1 atom stereocenters. The molecule has 1 amide bonds. The Balaban J connectivity index is 1.79. The Morgan fingerprint density at radius 3 is 2.71 bits per heavy atom. The number of hydrogen-bond donors (Lipinski definition) is 1. The van der Waals surface area contributed by atoms with Gasteiger partial charge in [-0.15, -0.1) is 0 Å². The van der Waals surface area contributed by atoms with E-state index in [2.05, 4.69) is 30.3 Å². The minimum atomic E-state index is -0.866. The maximum Gasteiger partial charge on any atom is 0.407 e. The van der Waals surface area contributed by atoms with Gasteiger partial charge >= 0.3 is 6.09 Å². The lowest BCUT2D eigenvalue weighted by Gasteiger charge is -2.20. The van der Waals surface area contributed by atoms with Crippen molar-refractivity contribution in [2.24, 2.45) is 7.05 Å². The minimum absolute atomic E-state index is 0.153. The van der Waals surface area contributed by atoms with Crippen LogP contribution in [0, 0.1) is 0 Å². The molecule has 0 aliphatic carbocycles. The zero-order valence-electron chi connectivity index (χ0n) is 13.5. The number of fused-ring (bicyclic) bond motifs is 1. The Morgan fingerprint density at radius 1 is 1.17 bits per heavy atom. The molecule has 0 unspecified atom stereocenters. The first kappa shape index (κ1) is 14.8. The van der Waals surface area contributed by atoms with E-state index in [4.69, 9.17) is 4.98 Å². The van der Waals surface area contributed by atoms with Crippen molar-refractivity contribution in [3.05, 3.63) is 54.4 Å². The SMILES string of the molecule is Cn1c([C@@H]2CCCN2C(=O)O)nc2cc(-c3ccccc3)ccc21. The summed E-state index contributed by atoms with van der Waals surface area (Å²) in [6.45, 7) is 0.582. The minimum Gasteiger partial charge on any atom is -0.465 e. The number of aromatic nitrogens is 2. The lowest BCUT2D eigenvalue weighted by atomic mass is 10.1. The van der Waals surface area contributed by atoms with Gasteiger partial charge in [-0.1, -0.05) is 36.4 Å². The largest absolute Gasteiger partial charge is 0.465 e. The molecular weight excluding hydrogens is 302 g/mol. The highest BCUT2D eigenvalue weighted by Crippen LogP contribution is 2.33. The van der Waals surface area contributed by atoms with Crippen molar-refractivity contribution < 1.29 is 9.90 Å². The number of rotatable bonds is 2. The van der Waals surface area contributed by atoms with E-state index in [-0.39, 0.29) is 6.04 Å². The van der Waals surface area contributed by atoms with Gasteiger partial charge in [0.15, 0.2) is 0 Å².